The predicted molar refractivity (Wildman–Crippen MR) is 84.5 cm³/mol. The average molecular weight is 303 g/mol. The minimum atomic E-state index is -0.624. The van der Waals surface area contributed by atoms with Crippen LogP contribution in [-0.4, -0.2) is 42.3 Å². The third-order valence-corrected chi connectivity index (χ3v) is 4.36. The third kappa shape index (κ3) is 2.87. The summed E-state index contributed by atoms with van der Waals surface area (Å²) in [5.74, 6) is 0.0552. The Morgan fingerprint density at radius 2 is 2.32 bits per heavy atom. The number of benzene rings is 1. The highest BCUT2D eigenvalue weighted by Crippen LogP contribution is 2.35. The molecule has 0 bridgehead atoms. The van der Waals surface area contributed by atoms with Crippen molar-refractivity contribution in [2.24, 2.45) is 5.92 Å². The summed E-state index contributed by atoms with van der Waals surface area (Å²) in [5.41, 5.74) is 0.794. The number of aliphatic hydroxyl groups is 1. The summed E-state index contributed by atoms with van der Waals surface area (Å²) >= 11 is 0. The molecule has 2 aliphatic heterocycles. The van der Waals surface area contributed by atoms with E-state index in [1.54, 1.807) is 13.1 Å². The van der Waals surface area contributed by atoms with Crippen LogP contribution in [0.2, 0.25) is 0 Å². The Balaban J connectivity index is 1.92. The molecule has 0 fully saturated rings. The normalized spacial score (nSPS) is 25.7. The van der Waals surface area contributed by atoms with Crippen LogP contribution in [0.25, 0.3) is 0 Å². The van der Waals surface area contributed by atoms with Crippen molar-refractivity contribution < 1.29 is 9.50 Å². The van der Waals surface area contributed by atoms with Gasteiger partial charge in [0.05, 0.1) is 18.2 Å². The molecule has 1 aromatic rings. The molecule has 4 atom stereocenters. The molecule has 0 saturated carbocycles. The van der Waals surface area contributed by atoms with Gasteiger partial charge in [-0.3, -0.25) is 0 Å². The van der Waals surface area contributed by atoms with Gasteiger partial charge < -0.3 is 20.6 Å². The van der Waals surface area contributed by atoms with Crippen LogP contribution in [0.4, 0.5) is 4.39 Å². The van der Waals surface area contributed by atoms with E-state index in [2.05, 4.69) is 27.7 Å². The summed E-state index contributed by atoms with van der Waals surface area (Å²) in [5, 5.41) is 16.8. The fourth-order valence-electron chi connectivity index (χ4n) is 3.34. The van der Waals surface area contributed by atoms with Crippen LogP contribution in [0, 0.1) is 11.7 Å². The SMILES string of the molecule is CNC[C@@H](O)[C@H](c1cccc(F)c1)N1C=CC2C=CNCC21. The van der Waals surface area contributed by atoms with Crippen molar-refractivity contribution in [1.29, 1.82) is 0 Å². The van der Waals surface area contributed by atoms with E-state index in [1.165, 1.54) is 12.1 Å². The quantitative estimate of drug-likeness (QED) is 0.769. The molecule has 0 saturated heterocycles. The van der Waals surface area contributed by atoms with Crippen LogP contribution < -0.4 is 10.6 Å². The number of nitrogens with zero attached hydrogens (tertiary/aromatic N) is 1. The molecule has 5 heteroatoms. The Morgan fingerprint density at radius 1 is 1.45 bits per heavy atom. The predicted octanol–water partition coefficient (Wildman–Crippen LogP) is 1.38. The highest BCUT2D eigenvalue weighted by molar-refractivity contribution is 5.26. The zero-order valence-electron chi connectivity index (χ0n) is 12.6. The Morgan fingerprint density at radius 3 is 3.09 bits per heavy atom. The molecule has 2 heterocycles. The van der Waals surface area contributed by atoms with Crippen molar-refractivity contribution >= 4 is 0 Å². The second-order valence-corrected chi connectivity index (χ2v) is 5.83. The van der Waals surface area contributed by atoms with Crippen LogP contribution in [0.15, 0.2) is 48.8 Å². The lowest BCUT2D eigenvalue weighted by Gasteiger charge is -2.39. The first kappa shape index (κ1) is 15.1. The van der Waals surface area contributed by atoms with Crippen LogP contribution in [0.5, 0.6) is 0 Å². The second kappa shape index (κ2) is 6.50. The summed E-state index contributed by atoms with van der Waals surface area (Å²) in [6.07, 6.45) is 7.64. The van der Waals surface area contributed by atoms with Crippen LogP contribution in [0.1, 0.15) is 11.6 Å². The molecule has 0 spiro atoms. The average Bonchev–Trinajstić information content (AvgIpc) is 2.92. The Kier molecular flexibility index (Phi) is 4.45. The summed E-state index contributed by atoms with van der Waals surface area (Å²) in [4.78, 5) is 2.15. The maximum absolute atomic E-state index is 13.6. The lowest BCUT2D eigenvalue weighted by molar-refractivity contribution is 0.0544. The largest absolute Gasteiger partial charge is 0.389 e. The molecule has 0 aromatic heterocycles. The first-order valence-corrected chi connectivity index (χ1v) is 7.64. The van der Waals surface area contributed by atoms with E-state index in [0.29, 0.717) is 12.5 Å². The van der Waals surface area contributed by atoms with Gasteiger partial charge in [-0.05, 0) is 37.1 Å². The van der Waals surface area contributed by atoms with Crippen LogP contribution >= 0.6 is 0 Å². The summed E-state index contributed by atoms with van der Waals surface area (Å²) in [6, 6.07) is 6.47. The number of hydrogen-bond acceptors (Lipinski definition) is 4. The van der Waals surface area contributed by atoms with Gasteiger partial charge in [0, 0.05) is 19.0 Å². The Labute approximate surface area is 130 Å². The zero-order chi connectivity index (χ0) is 15.5. The van der Waals surface area contributed by atoms with Gasteiger partial charge in [-0.15, -0.1) is 0 Å². The van der Waals surface area contributed by atoms with E-state index in [4.69, 9.17) is 0 Å². The van der Waals surface area contributed by atoms with Gasteiger partial charge in [0.1, 0.15) is 5.82 Å². The molecule has 118 valence electrons. The highest BCUT2D eigenvalue weighted by atomic mass is 19.1. The molecule has 3 N–H and O–H groups in total. The van der Waals surface area contributed by atoms with Crippen molar-refractivity contribution in [3.8, 4) is 0 Å². The molecule has 1 aromatic carbocycles. The molecule has 2 aliphatic rings. The third-order valence-electron chi connectivity index (χ3n) is 4.36. The van der Waals surface area contributed by atoms with Crippen molar-refractivity contribution in [2.75, 3.05) is 20.1 Å². The Hall–Kier alpha value is -1.85. The number of nitrogens with one attached hydrogen (secondary N) is 2. The van der Waals surface area contributed by atoms with Gasteiger partial charge in [-0.1, -0.05) is 24.3 Å². The van der Waals surface area contributed by atoms with E-state index in [9.17, 15) is 9.50 Å². The van der Waals surface area contributed by atoms with Gasteiger partial charge in [0.15, 0.2) is 0 Å². The smallest absolute Gasteiger partial charge is 0.123 e. The lowest BCUT2D eigenvalue weighted by Crippen LogP contribution is -2.47. The minimum absolute atomic E-state index is 0.241. The fraction of sp³-hybridized carbons (Fsp3) is 0.412. The van der Waals surface area contributed by atoms with Gasteiger partial charge in [0.25, 0.3) is 0 Å². The van der Waals surface area contributed by atoms with Crippen molar-refractivity contribution in [3.05, 3.63) is 60.2 Å². The molecule has 2 unspecified atom stereocenters. The minimum Gasteiger partial charge on any atom is -0.389 e. The van der Waals surface area contributed by atoms with E-state index < -0.39 is 6.10 Å². The lowest BCUT2D eigenvalue weighted by atomic mass is 9.94. The zero-order valence-corrected chi connectivity index (χ0v) is 12.6. The number of rotatable bonds is 5. The molecular weight excluding hydrogens is 281 g/mol. The fourth-order valence-corrected chi connectivity index (χ4v) is 3.34. The van der Waals surface area contributed by atoms with Gasteiger partial charge in [0.2, 0.25) is 0 Å². The van der Waals surface area contributed by atoms with Gasteiger partial charge in [-0.2, -0.15) is 0 Å². The molecule has 0 radical (unpaired) electrons. The maximum atomic E-state index is 13.6. The summed E-state index contributed by atoms with van der Waals surface area (Å²) < 4.78 is 13.6. The van der Waals surface area contributed by atoms with E-state index >= 15 is 0 Å². The topological polar surface area (TPSA) is 47.5 Å². The number of hydrogen-bond donors (Lipinski definition) is 3. The second-order valence-electron chi connectivity index (χ2n) is 5.83. The maximum Gasteiger partial charge on any atom is 0.123 e. The molecule has 0 amide bonds. The highest BCUT2D eigenvalue weighted by Gasteiger charge is 2.37. The Bertz CT molecular complexity index is 575. The van der Waals surface area contributed by atoms with Crippen molar-refractivity contribution in [3.63, 3.8) is 0 Å². The number of halogens is 1. The molecule has 4 nitrogen and oxygen atoms in total. The molecule has 3 rings (SSSR count). The van der Waals surface area contributed by atoms with E-state index in [0.717, 1.165) is 12.1 Å². The van der Waals surface area contributed by atoms with Crippen molar-refractivity contribution in [1.82, 2.24) is 15.5 Å². The van der Waals surface area contributed by atoms with Gasteiger partial charge in [-0.25, -0.2) is 4.39 Å². The first-order chi connectivity index (χ1) is 10.7. The van der Waals surface area contributed by atoms with Crippen LogP contribution in [0.3, 0.4) is 0 Å². The van der Waals surface area contributed by atoms with E-state index in [1.807, 2.05) is 18.5 Å². The van der Waals surface area contributed by atoms with E-state index in [-0.39, 0.29) is 17.9 Å². The molecule has 0 aliphatic carbocycles. The number of fused-ring (bicyclic) bond motifs is 1. The number of aliphatic hydroxyl groups excluding tert-OH is 1. The van der Waals surface area contributed by atoms with Crippen molar-refractivity contribution in [2.45, 2.75) is 18.2 Å². The monoisotopic (exact) mass is 303 g/mol. The first-order valence-electron chi connectivity index (χ1n) is 7.64. The molecule has 22 heavy (non-hydrogen) atoms. The molecular formula is C17H22FN3O. The van der Waals surface area contributed by atoms with Crippen LogP contribution in [-0.2, 0) is 0 Å². The summed E-state index contributed by atoms with van der Waals surface area (Å²) in [6.45, 7) is 1.26. The van der Waals surface area contributed by atoms with Gasteiger partial charge >= 0.3 is 0 Å². The number of likely N-dealkylation sites (N-methyl/N-ethyl adjacent to an activating group) is 1. The standard InChI is InChI=1S/C17H22FN3O/c1-19-11-16(22)17(13-3-2-4-14(18)9-13)21-8-6-12-5-7-20-10-15(12)21/h2-9,12,15-17,19-20,22H,10-11H2,1H3/t12?,15?,16-,17+/m1/s1. The summed E-state index contributed by atoms with van der Waals surface area (Å²) in [7, 11) is 1.80.